The van der Waals surface area contributed by atoms with Crippen molar-refractivity contribution >= 4 is 17.5 Å². The zero-order chi connectivity index (χ0) is 19.9. The van der Waals surface area contributed by atoms with E-state index in [1.165, 1.54) is 0 Å². The summed E-state index contributed by atoms with van der Waals surface area (Å²) in [5.41, 5.74) is 1.14. The summed E-state index contributed by atoms with van der Waals surface area (Å²) in [6, 6.07) is 15.0. The van der Waals surface area contributed by atoms with Gasteiger partial charge >= 0.3 is 0 Å². The third kappa shape index (κ3) is 6.47. The van der Waals surface area contributed by atoms with Crippen molar-refractivity contribution in [3.8, 4) is 11.5 Å². The van der Waals surface area contributed by atoms with E-state index in [9.17, 15) is 4.79 Å². The number of para-hydroxylation sites is 1. The Morgan fingerprint density at radius 3 is 2.56 bits per heavy atom. The number of hydrogen-bond acceptors (Lipinski definition) is 3. The number of ether oxygens (including phenoxy) is 2. The number of benzene rings is 2. The number of nitrogens with one attached hydrogen (secondary N) is 1. The van der Waals surface area contributed by atoms with Crippen molar-refractivity contribution in [1.82, 2.24) is 5.32 Å². The summed E-state index contributed by atoms with van der Waals surface area (Å²) < 4.78 is 11.6. The second-order valence-corrected chi connectivity index (χ2v) is 7.79. The Hall–Kier alpha value is -2.20. The second-order valence-electron chi connectivity index (χ2n) is 7.36. The van der Waals surface area contributed by atoms with Gasteiger partial charge in [0, 0.05) is 5.02 Å². The highest BCUT2D eigenvalue weighted by atomic mass is 35.5. The van der Waals surface area contributed by atoms with Crippen molar-refractivity contribution in [1.29, 1.82) is 0 Å². The molecule has 0 aliphatic rings. The summed E-state index contributed by atoms with van der Waals surface area (Å²) in [7, 11) is 0. The van der Waals surface area contributed by atoms with Crippen LogP contribution in [0.15, 0.2) is 48.5 Å². The summed E-state index contributed by atoms with van der Waals surface area (Å²) in [4.78, 5) is 12.4. The van der Waals surface area contributed by atoms with Crippen molar-refractivity contribution < 1.29 is 14.3 Å². The molecule has 1 atom stereocenters. The molecular formula is C22H28ClNO3. The number of halogens is 1. The Kier molecular flexibility index (Phi) is 7.55. The Morgan fingerprint density at radius 2 is 1.89 bits per heavy atom. The monoisotopic (exact) mass is 389 g/mol. The average Bonchev–Trinajstić information content (AvgIpc) is 2.62. The summed E-state index contributed by atoms with van der Waals surface area (Å²) >= 11 is 5.96. The summed E-state index contributed by atoms with van der Waals surface area (Å²) in [5, 5.41) is 3.45. The third-order valence-corrected chi connectivity index (χ3v) is 4.33. The van der Waals surface area contributed by atoms with Crippen LogP contribution in [0.2, 0.25) is 5.02 Å². The Morgan fingerprint density at radius 1 is 1.15 bits per heavy atom. The highest BCUT2D eigenvalue weighted by molar-refractivity contribution is 6.30. The maximum absolute atomic E-state index is 12.4. The van der Waals surface area contributed by atoms with Gasteiger partial charge in [0.2, 0.25) is 0 Å². The van der Waals surface area contributed by atoms with Gasteiger partial charge in [-0.2, -0.15) is 0 Å². The van der Waals surface area contributed by atoms with Crippen molar-refractivity contribution in [2.45, 2.75) is 45.6 Å². The molecule has 0 aromatic heterocycles. The summed E-state index contributed by atoms with van der Waals surface area (Å²) in [5.74, 6) is 1.27. The molecule has 1 N–H and O–H groups in total. The van der Waals surface area contributed by atoms with Crippen LogP contribution in [0.25, 0.3) is 0 Å². The molecular weight excluding hydrogens is 362 g/mol. The smallest absolute Gasteiger partial charge is 0.261 e. The van der Waals surface area contributed by atoms with Gasteiger partial charge in [0.05, 0.1) is 6.54 Å². The molecule has 27 heavy (non-hydrogen) atoms. The molecule has 0 heterocycles. The Balaban J connectivity index is 1.85. The lowest BCUT2D eigenvalue weighted by Crippen LogP contribution is -2.39. The molecule has 0 unspecified atom stereocenters. The zero-order valence-electron chi connectivity index (χ0n) is 16.4. The van der Waals surface area contributed by atoms with Gasteiger partial charge in [-0.1, -0.05) is 63.6 Å². The van der Waals surface area contributed by atoms with Crippen molar-refractivity contribution in [3.05, 3.63) is 59.1 Å². The van der Waals surface area contributed by atoms with Gasteiger partial charge < -0.3 is 14.8 Å². The number of carbonyl (C=O) groups excluding carboxylic acids is 1. The maximum atomic E-state index is 12.4. The first-order valence-electron chi connectivity index (χ1n) is 9.23. The SMILES string of the molecule is CC[C@H](Oc1cccc(Cl)c1)C(=O)NCCOc1ccccc1C(C)(C)C. The predicted molar refractivity (Wildman–Crippen MR) is 110 cm³/mol. The quantitative estimate of drug-likeness (QED) is 0.647. The number of carbonyl (C=O) groups is 1. The Bertz CT molecular complexity index is 755. The molecule has 2 aromatic rings. The van der Waals surface area contributed by atoms with E-state index in [2.05, 4.69) is 32.2 Å². The molecule has 146 valence electrons. The normalized spacial score (nSPS) is 12.3. The van der Waals surface area contributed by atoms with Crippen LogP contribution in [-0.4, -0.2) is 25.2 Å². The summed E-state index contributed by atoms with van der Waals surface area (Å²) in [6.07, 6.45) is -0.00294. The van der Waals surface area contributed by atoms with E-state index in [1.807, 2.05) is 25.1 Å². The lowest BCUT2D eigenvalue weighted by atomic mass is 9.86. The molecule has 0 aliphatic heterocycles. The fraction of sp³-hybridized carbons (Fsp3) is 0.409. The minimum Gasteiger partial charge on any atom is -0.491 e. The molecule has 0 spiro atoms. The van der Waals surface area contributed by atoms with E-state index in [-0.39, 0.29) is 11.3 Å². The Labute approximate surface area is 166 Å². The van der Waals surface area contributed by atoms with Crippen LogP contribution in [0.1, 0.15) is 39.7 Å². The van der Waals surface area contributed by atoms with Crippen LogP contribution in [-0.2, 0) is 10.2 Å². The first kappa shape index (κ1) is 21.1. The van der Waals surface area contributed by atoms with E-state index < -0.39 is 6.10 Å². The molecule has 2 aromatic carbocycles. The largest absolute Gasteiger partial charge is 0.491 e. The molecule has 5 heteroatoms. The average molecular weight is 390 g/mol. The number of hydrogen-bond donors (Lipinski definition) is 1. The van der Waals surface area contributed by atoms with Crippen molar-refractivity contribution in [2.24, 2.45) is 0 Å². The maximum Gasteiger partial charge on any atom is 0.261 e. The molecule has 1 amide bonds. The molecule has 0 radical (unpaired) electrons. The van der Waals surface area contributed by atoms with Crippen molar-refractivity contribution in [3.63, 3.8) is 0 Å². The zero-order valence-corrected chi connectivity index (χ0v) is 17.2. The van der Waals surface area contributed by atoms with Gasteiger partial charge in [0.25, 0.3) is 5.91 Å². The fourth-order valence-electron chi connectivity index (χ4n) is 2.69. The highest BCUT2D eigenvalue weighted by Gasteiger charge is 2.20. The molecule has 0 saturated carbocycles. The molecule has 2 rings (SSSR count). The van der Waals surface area contributed by atoms with Gasteiger partial charge in [0.15, 0.2) is 6.10 Å². The third-order valence-electron chi connectivity index (χ3n) is 4.09. The second kappa shape index (κ2) is 9.65. The van der Waals surface area contributed by atoms with E-state index in [0.29, 0.717) is 30.3 Å². The fourth-order valence-corrected chi connectivity index (χ4v) is 2.87. The minimum atomic E-state index is -0.565. The van der Waals surface area contributed by atoms with Gasteiger partial charge in [-0.05, 0) is 41.7 Å². The lowest BCUT2D eigenvalue weighted by Gasteiger charge is -2.23. The van der Waals surface area contributed by atoms with E-state index >= 15 is 0 Å². The predicted octanol–water partition coefficient (Wildman–Crippen LogP) is 4.99. The van der Waals surface area contributed by atoms with E-state index in [1.54, 1.807) is 24.3 Å². The summed E-state index contributed by atoms with van der Waals surface area (Å²) in [6.45, 7) is 9.16. The van der Waals surface area contributed by atoms with Gasteiger partial charge in [-0.15, -0.1) is 0 Å². The molecule has 0 bridgehead atoms. The van der Waals surface area contributed by atoms with Gasteiger partial charge in [0.1, 0.15) is 18.1 Å². The lowest BCUT2D eigenvalue weighted by molar-refractivity contribution is -0.128. The topological polar surface area (TPSA) is 47.6 Å². The first-order valence-corrected chi connectivity index (χ1v) is 9.61. The standard InChI is InChI=1S/C22H28ClNO3/c1-5-19(27-17-10-8-9-16(23)15-17)21(25)24-13-14-26-20-12-7-6-11-18(20)22(2,3)4/h6-12,15,19H,5,13-14H2,1-4H3,(H,24,25)/t19-/m0/s1. The number of amides is 1. The van der Waals surface area contributed by atoms with Crippen LogP contribution < -0.4 is 14.8 Å². The number of rotatable bonds is 8. The van der Waals surface area contributed by atoms with Gasteiger partial charge in [-0.3, -0.25) is 4.79 Å². The van der Waals surface area contributed by atoms with Crippen LogP contribution in [0.4, 0.5) is 0 Å². The molecule has 0 saturated heterocycles. The first-order chi connectivity index (χ1) is 12.8. The van der Waals surface area contributed by atoms with Crippen molar-refractivity contribution in [2.75, 3.05) is 13.2 Å². The van der Waals surface area contributed by atoms with E-state index in [0.717, 1.165) is 11.3 Å². The molecule has 4 nitrogen and oxygen atoms in total. The van der Waals surface area contributed by atoms with Gasteiger partial charge in [-0.25, -0.2) is 0 Å². The molecule has 0 aliphatic carbocycles. The molecule has 0 fully saturated rings. The van der Waals surface area contributed by atoms with Crippen LogP contribution >= 0.6 is 11.6 Å². The van der Waals surface area contributed by atoms with Crippen LogP contribution in [0.5, 0.6) is 11.5 Å². The minimum absolute atomic E-state index is 0.00204. The van der Waals surface area contributed by atoms with E-state index in [4.69, 9.17) is 21.1 Å². The van der Waals surface area contributed by atoms with Crippen LogP contribution in [0.3, 0.4) is 0 Å². The highest BCUT2D eigenvalue weighted by Crippen LogP contribution is 2.30. The van der Waals surface area contributed by atoms with Crippen LogP contribution in [0, 0.1) is 0 Å².